The lowest BCUT2D eigenvalue weighted by Crippen LogP contribution is -2.34. The standard InChI is InChI=1S/C18H15F3N2O/c1-24-15-9-7-14(8-10-15)23-12-11-16(13-5-3-2-4-6-13)17(22-23)18(19,20)21/h2-12,16H,1H3. The van der Waals surface area contributed by atoms with Gasteiger partial charge in [0.2, 0.25) is 0 Å². The molecule has 0 radical (unpaired) electrons. The topological polar surface area (TPSA) is 24.8 Å². The van der Waals surface area contributed by atoms with E-state index in [2.05, 4.69) is 5.10 Å². The van der Waals surface area contributed by atoms with Crippen LogP contribution in [0.5, 0.6) is 5.75 Å². The molecule has 1 heterocycles. The Morgan fingerprint density at radius 1 is 1.00 bits per heavy atom. The number of ether oxygens (including phenoxy) is 1. The lowest BCUT2D eigenvalue weighted by atomic mass is 9.93. The highest BCUT2D eigenvalue weighted by Crippen LogP contribution is 2.34. The Kier molecular flexibility index (Phi) is 4.29. The normalized spacial score (nSPS) is 17.6. The van der Waals surface area contributed by atoms with Crippen molar-refractivity contribution in [2.24, 2.45) is 5.10 Å². The second-order valence-electron chi connectivity index (χ2n) is 5.26. The SMILES string of the molecule is COc1ccc(N2C=CC(c3ccccc3)C(C(F)(F)F)=N2)cc1. The van der Waals surface area contributed by atoms with Gasteiger partial charge in [-0.15, -0.1) is 0 Å². The van der Waals surface area contributed by atoms with Crippen molar-refractivity contribution in [1.29, 1.82) is 0 Å². The molecule has 0 aromatic heterocycles. The Balaban J connectivity index is 1.96. The Hall–Kier alpha value is -2.76. The van der Waals surface area contributed by atoms with Gasteiger partial charge < -0.3 is 4.74 Å². The monoisotopic (exact) mass is 332 g/mol. The van der Waals surface area contributed by atoms with Crippen LogP contribution in [-0.4, -0.2) is 19.0 Å². The Morgan fingerprint density at radius 3 is 2.25 bits per heavy atom. The molecule has 0 bridgehead atoms. The first-order valence-electron chi connectivity index (χ1n) is 7.31. The molecule has 2 aromatic carbocycles. The van der Waals surface area contributed by atoms with Crippen molar-refractivity contribution < 1.29 is 17.9 Å². The number of methoxy groups -OCH3 is 1. The molecule has 3 rings (SSSR count). The average Bonchev–Trinajstić information content (AvgIpc) is 2.61. The first kappa shape index (κ1) is 16.1. The Bertz CT molecular complexity index is 752. The first-order valence-corrected chi connectivity index (χ1v) is 7.31. The van der Waals surface area contributed by atoms with Crippen molar-refractivity contribution >= 4 is 11.4 Å². The van der Waals surface area contributed by atoms with Gasteiger partial charge in [-0.25, -0.2) is 5.01 Å². The molecule has 1 unspecified atom stereocenters. The van der Waals surface area contributed by atoms with E-state index in [0.29, 0.717) is 17.0 Å². The third-order valence-corrected chi connectivity index (χ3v) is 3.72. The van der Waals surface area contributed by atoms with E-state index in [4.69, 9.17) is 4.74 Å². The predicted octanol–water partition coefficient (Wildman–Crippen LogP) is 4.73. The van der Waals surface area contributed by atoms with Gasteiger partial charge in [0.15, 0.2) is 5.71 Å². The number of rotatable bonds is 3. The first-order chi connectivity index (χ1) is 11.5. The van der Waals surface area contributed by atoms with Gasteiger partial charge in [0.1, 0.15) is 5.75 Å². The van der Waals surface area contributed by atoms with Crippen molar-refractivity contribution in [2.45, 2.75) is 12.1 Å². The molecule has 1 aliphatic rings. The van der Waals surface area contributed by atoms with Crippen LogP contribution >= 0.6 is 0 Å². The van der Waals surface area contributed by atoms with Crippen molar-refractivity contribution in [3.05, 3.63) is 72.4 Å². The largest absolute Gasteiger partial charge is 0.497 e. The minimum Gasteiger partial charge on any atom is -0.497 e. The van der Waals surface area contributed by atoms with Gasteiger partial charge in [0, 0.05) is 6.20 Å². The molecule has 0 aliphatic carbocycles. The lowest BCUT2D eigenvalue weighted by molar-refractivity contribution is -0.0611. The number of alkyl halides is 3. The summed E-state index contributed by atoms with van der Waals surface area (Å²) in [5.74, 6) is -0.289. The molecular weight excluding hydrogens is 317 g/mol. The number of halogens is 3. The van der Waals surface area contributed by atoms with Gasteiger partial charge in [0.25, 0.3) is 0 Å². The third kappa shape index (κ3) is 3.27. The molecule has 0 saturated carbocycles. The fourth-order valence-electron chi connectivity index (χ4n) is 2.51. The van der Waals surface area contributed by atoms with Gasteiger partial charge in [-0.05, 0) is 29.8 Å². The van der Waals surface area contributed by atoms with Crippen molar-refractivity contribution in [3.8, 4) is 5.75 Å². The molecule has 3 nitrogen and oxygen atoms in total. The van der Waals surface area contributed by atoms with Gasteiger partial charge in [-0.1, -0.05) is 36.4 Å². The fraction of sp³-hybridized carbons (Fsp3) is 0.167. The average molecular weight is 332 g/mol. The zero-order chi connectivity index (χ0) is 17.2. The van der Waals surface area contributed by atoms with Crippen molar-refractivity contribution in [3.63, 3.8) is 0 Å². The molecule has 0 fully saturated rings. The van der Waals surface area contributed by atoms with Gasteiger partial charge >= 0.3 is 6.18 Å². The van der Waals surface area contributed by atoms with E-state index in [9.17, 15) is 13.2 Å². The van der Waals surface area contributed by atoms with E-state index in [1.54, 1.807) is 60.8 Å². The highest BCUT2D eigenvalue weighted by atomic mass is 19.4. The number of anilines is 1. The number of benzene rings is 2. The summed E-state index contributed by atoms with van der Waals surface area (Å²) in [5, 5.41) is 5.06. The lowest BCUT2D eigenvalue weighted by Gasteiger charge is -2.27. The molecule has 1 aliphatic heterocycles. The van der Waals surface area contributed by atoms with E-state index < -0.39 is 17.8 Å². The van der Waals surface area contributed by atoms with Crippen molar-refractivity contribution in [2.75, 3.05) is 12.1 Å². The van der Waals surface area contributed by atoms with E-state index >= 15 is 0 Å². The molecule has 6 heteroatoms. The number of nitrogens with zero attached hydrogens (tertiary/aromatic N) is 2. The summed E-state index contributed by atoms with van der Waals surface area (Å²) in [6.45, 7) is 0. The summed E-state index contributed by atoms with van der Waals surface area (Å²) < 4.78 is 45.5. The van der Waals surface area contributed by atoms with Crippen LogP contribution < -0.4 is 9.75 Å². The summed E-state index contributed by atoms with van der Waals surface area (Å²) in [7, 11) is 1.53. The maximum atomic E-state index is 13.5. The zero-order valence-electron chi connectivity index (χ0n) is 12.9. The van der Waals surface area contributed by atoms with Crippen LogP contribution in [0.25, 0.3) is 0 Å². The summed E-state index contributed by atoms with van der Waals surface area (Å²) in [5.41, 5.74) is 0.242. The van der Waals surface area contributed by atoms with Gasteiger partial charge in [0.05, 0.1) is 18.7 Å². The third-order valence-electron chi connectivity index (χ3n) is 3.72. The number of allylic oxidation sites excluding steroid dienone is 1. The maximum absolute atomic E-state index is 13.5. The van der Waals surface area contributed by atoms with E-state index in [1.165, 1.54) is 18.2 Å². The molecular formula is C18H15F3N2O. The quantitative estimate of drug-likeness (QED) is 0.812. The summed E-state index contributed by atoms with van der Waals surface area (Å²) >= 11 is 0. The molecule has 124 valence electrons. The molecule has 24 heavy (non-hydrogen) atoms. The number of hydrogen-bond donors (Lipinski definition) is 0. The molecule has 0 N–H and O–H groups in total. The fourth-order valence-corrected chi connectivity index (χ4v) is 2.51. The highest BCUT2D eigenvalue weighted by molar-refractivity contribution is 5.98. The second kappa shape index (κ2) is 6.39. The zero-order valence-corrected chi connectivity index (χ0v) is 12.9. The van der Waals surface area contributed by atoms with E-state index in [0.717, 1.165) is 0 Å². The van der Waals surface area contributed by atoms with Crippen LogP contribution in [0.1, 0.15) is 11.5 Å². The minimum absolute atomic E-state index is 0.528. The van der Waals surface area contributed by atoms with Crippen LogP contribution in [-0.2, 0) is 0 Å². The summed E-state index contributed by atoms with van der Waals surface area (Å²) in [4.78, 5) is 0. The van der Waals surface area contributed by atoms with Crippen molar-refractivity contribution in [1.82, 2.24) is 0 Å². The number of hydrogen-bond acceptors (Lipinski definition) is 3. The van der Waals surface area contributed by atoms with Crippen LogP contribution in [0, 0.1) is 0 Å². The van der Waals surface area contributed by atoms with Crippen LogP contribution in [0.2, 0.25) is 0 Å². The van der Waals surface area contributed by atoms with Crippen LogP contribution in [0.3, 0.4) is 0 Å². The van der Waals surface area contributed by atoms with Crippen LogP contribution in [0.4, 0.5) is 18.9 Å². The molecule has 2 aromatic rings. The number of hydrazone groups is 1. The van der Waals surface area contributed by atoms with Gasteiger partial charge in [-0.2, -0.15) is 18.3 Å². The molecule has 1 atom stereocenters. The molecule has 0 spiro atoms. The van der Waals surface area contributed by atoms with Crippen LogP contribution in [0.15, 0.2) is 72.0 Å². The second-order valence-corrected chi connectivity index (χ2v) is 5.26. The summed E-state index contributed by atoms with van der Waals surface area (Å²) in [6.07, 6.45) is -1.46. The predicted molar refractivity (Wildman–Crippen MR) is 87.3 cm³/mol. The molecule has 0 saturated heterocycles. The summed E-state index contributed by atoms with van der Waals surface area (Å²) in [6, 6.07) is 15.2. The van der Waals surface area contributed by atoms with Gasteiger partial charge in [-0.3, -0.25) is 0 Å². The van der Waals surface area contributed by atoms with E-state index in [-0.39, 0.29) is 0 Å². The molecule has 0 amide bonds. The maximum Gasteiger partial charge on any atom is 0.432 e. The Morgan fingerprint density at radius 2 is 1.67 bits per heavy atom. The van der Waals surface area contributed by atoms with E-state index in [1.807, 2.05) is 0 Å². The smallest absolute Gasteiger partial charge is 0.432 e. The minimum atomic E-state index is -4.52. The Labute approximate surface area is 137 Å². The highest BCUT2D eigenvalue weighted by Gasteiger charge is 2.42.